The molecule has 2 aromatic heterocycles. The number of aryl methyl sites for hydroxylation is 1. The van der Waals surface area contributed by atoms with Gasteiger partial charge in [-0.05, 0) is 21.0 Å². The summed E-state index contributed by atoms with van der Waals surface area (Å²) < 4.78 is 2.02. The molecule has 0 aliphatic rings. The molecule has 3 rings (SSSR count). The molecular formula is C18H22N4OS. The lowest BCUT2D eigenvalue weighted by Gasteiger charge is -2.10. The van der Waals surface area contributed by atoms with Crippen molar-refractivity contribution >= 4 is 22.2 Å². The van der Waals surface area contributed by atoms with Crippen molar-refractivity contribution in [1.82, 2.24) is 19.6 Å². The number of carbonyl (C=O) groups excluding carboxylic acids is 1. The topological polar surface area (TPSA) is 49.6 Å². The van der Waals surface area contributed by atoms with Crippen molar-refractivity contribution in [3.63, 3.8) is 0 Å². The van der Waals surface area contributed by atoms with Gasteiger partial charge in [-0.1, -0.05) is 29.8 Å². The van der Waals surface area contributed by atoms with Gasteiger partial charge in [0, 0.05) is 35.9 Å². The number of fused-ring (bicyclic) bond motifs is 1. The fourth-order valence-electron chi connectivity index (χ4n) is 2.47. The van der Waals surface area contributed by atoms with E-state index in [4.69, 9.17) is 0 Å². The maximum absolute atomic E-state index is 12.1. The van der Waals surface area contributed by atoms with E-state index in [1.54, 1.807) is 11.3 Å². The summed E-state index contributed by atoms with van der Waals surface area (Å²) >= 11 is 1.57. The van der Waals surface area contributed by atoms with Crippen LogP contribution in [0.15, 0.2) is 35.8 Å². The van der Waals surface area contributed by atoms with E-state index in [2.05, 4.69) is 41.5 Å². The fourth-order valence-corrected chi connectivity index (χ4v) is 3.34. The molecule has 126 valence electrons. The third-order valence-corrected chi connectivity index (χ3v) is 4.74. The van der Waals surface area contributed by atoms with Gasteiger partial charge in [-0.15, -0.1) is 11.3 Å². The molecular weight excluding hydrogens is 320 g/mol. The minimum Gasteiger partial charge on any atom is -0.354 e. The Balaban J connectivity index is 1.73. The summed E-state index contributed by atoms with van der Waals surface area (Å²) in [7, 11) is 3.99. The number of imidazole rings is 1. The molecule has 2 heterocycles. The molecule has 0 aliphatic heterocycles. The Morgan fingerprint density at radius 1 is 1.29 bits per heavy atom. The summed E-state index contributed by atoms with van der Waals surface area (Å²) in [6.07, 6.45) is 2.38. The lowest BCUT2D eigenvalue weighted by atomic mass is 10.1. The molecule has 1 aromatic carbocycles. The van der Waals surface area contributed by atoms with Crippen molar-refractivity contribution in [2.75, 3.05) is 27.2 Å². The van der Waals surface area contributed by atoms with Crippen molar-refractivity contribution in [3.05, 3.63) is 47.1 Å². The molecule has 0 fully saturated rings. The first-order chi connectivity index (χ1) is 11.5. The molecule has 6 heteroatoms. The highest BCUT2D eigenvalue weighted by Gasteiger charge is 2.12. The van der Waals surface area contributed by atoms with E-state index in [9.17, 15) is 4.79 Å². The quantitative estimate of drug-likeness (QED) is 0.749. The number of benzene rings is 1. The van der Waals surface area contributed by atoms with Gasteiger partial charge >= 0.3 is 0 Å². The van der Waals surface area contributed by atoms with Gasteiger partial charge in [-0.3, -0.25) is 9.20 Å². The Labute approximate surface area is 145 Å². The normalized spacial score (nSPS) is 11.3. The van der Waals surface area contributed by atoms with Crippen LogP contribution in [-0.2, 0) is 11.2 Å². The second kappa shape index (κ2) is 7.15. The van der Waals surface area contributed by atoms with Gasteiger partial charge in [0.1, 0.15) is 0 Å². The number of aromatic nitrogens is 2. The number of hydrogen-bond acceptors (Lipinski definition) is 4. The zero-order valence-electron chi connectivity index (χ0n) is 14.2. The van der Waals surface area contributed by atoms with Crippen LogP contribution < -0.4 is 5.32 Å². The first kappa shape index (κ1) is 16.7. The third-order valence-electron chi connectivity index (χ3n) is 3.85. The molecule has 0 saturated heterocycles. The average Bonchev–Trinajstić information content (AvgIpc) is 3.10. The maximum atomic E-state index is 12.1. The first-order valence-corrected chi connectivity index (χ1v) is 8.85. The predicted molar refractivity (Wildman–Crippen MR) is 98.5 cm³/mol. The largest absolute Gasteiger partial charge is 0.354 e. The summed E-state index contributed by atoms with van der Waals surface area (Å²) in [6.45, 7) is 3.58. The molecule has 0 atom stereocenters. The minimum atomic E-state index is 0.0436. The number of nitrogens with one attached hydrogen (secondary N) is 1. The van der Waals surface area contributed by atoms with E-state index in [0.717, 1.165) is 28.5 Å². The number of rotatable bonds is 6. The molecule has 0 spiro atoms. The van der Waals surface area contributed by atoms with Crippen molar-refractivity contribution in [2.45, 2.75) is 13.3 Å². The summed E-state index contributed by atoms with van der Waals surface area (Å²) in [5, 5.41) is 4.96. The molecule has 0 saturated carbocycles. The molecule has 24 heavy (non-hydrogen) atoms. The lowest BCUT2D eigenvalue weighted by molar-refractivity contribution is -0.120. The number of amides is 1. The minimum absolute atomic E-state index is 0.0436. The number of likely N-dealkylation sites (N-methyl/N-ethyl adjacent to an activating group) is 1. The Hall–Kier alpha value is -2.18. The van der Waals surface area contributed by atoms with Crippen LogP contribution in [0, 0.1) is 6.92 Å². The summed E-state index contributed by atoms with van der Waals surface area (Å²) in [6, 6.07) is 8.33. The van der Waals surface area contributed by atoms with Crippen LogP contribution in [0.25, 0.3) is 16.2 Å². The molecule has 1 amide bonds. The van der Waals surface area contributed by atoms with Gasteiger partial charge in [-0.2, -0.15) is 0 Å². The Bertz CT molecular complexity index is 832. The second-order valence-corrected chi connectivity index (χ2v) is 7.04. The van der Waals surface area contributed by atoms with Crippen LogP contribution in [0.1, 0.15) is 11.3 Å². The summed E-state index contributed by atoms with van der Waals surface area (Å²) in [5.74, 6) is 0.0436. The van der Waals surface area contributed by atoms with E-state index >= 15 is 0 Å². The second-order valence-electron chi connectivity index (χ2n) is 6.20. The summed E-state index contributed by atoms with van der Waals surface area (Å²) in [4.78, 5) is 19.7. The molecule has 0 radical (unpaired) electrons. The Morgan fingerprint density at radius 2 is 2.04 bits per heavy atom. The smallest absolute Gasteiger partial charge is 0.226 e. The van der Waals surface area contributed by atoms with Crippen LogP contribution in [0.3, 0.4) is 0 Å². The number of hydrogen-bond donors (Lipinski definition) is 1. The van der Waals surface area contributed by atoms with Gasteiger partial charge < -0.3 is 10.2 Å². The number of carbonyl (C=O) groups is 1. The van der Waals surface area contributed by atoms with Gasteiger partial charge in [-0.25, -0.2) is 4.98 Å². The van der Waals surface area contributed by atoms with Crippen molar-refractivity contribution in [2.24, 2.45) is 0 Å². The van der Waals surface area contributed by atoms with Gasteiger partial charge in [0.25, 0.3) is 0 Å². The van der Waals surface area contributed by atoms with Crippen LogP contribution in [-0.4, -0.2) is 47.4 Å². The Kier molecular flexibility index (Phi) is 4.97. The fraction of sp³-hybridized carbons (Fsp3) is 0.333. The van der Waals surface area contributed by atoms with E-state index in [1.807, 2.05) is 35.0 Å². The van der Waals surface area contributed by atoms with Gasteiger partial charge in [0.2, 0.25) is 5.91 Å². The van der Waals surface area contributed by atoms with E-state index in [1.165, 1.54) is 5.56 Å². The highest BCUT2D eigenvalue weighted by molar-refractivity contribution is 7.15. The van der Waals surface area contributed by atoms with Crippen LogP contribution in [0.4, 0.5) is 0 Å². The molecule has 0 bridgehead atoms. The van der Waals surface area contributed by atoms with Crippen molar-refractivity contribution in [3.8, 4) is 11.3 Å². The maximum Gasteiger partial charge on any atom is 0.226 e. The molecule has 5 nitrogen and oxygen atoms in total. The van der Waals surface area contributed by atoms with Crippen molar-refractivity contribution in [1.29, 1.82) is 0 Å². The molecule has 0 aliphatic carbocycles. The summed E-state index contributed by atoms with van der Waals surface area (Å²) in [5.41, 5.74) is 4.24. The van der Waals surface area contributed by atoms with E-state index in [0.29, 0.717) is 13.0 Å². The van der Waals surface area contributed by atoms with Crippen LogP contribution in [0.2, 0.25) is 0 Å². The van der Waals surface area contributed by atoms with E-state index < -0.39 is 0 Å². The average molecular weight is 342 g/mol. The molecule has 3 aromatic rings. The molecule has 0 unspecified atom stereocenters. The molecule has 1 N–H and O–H groups in total. The van der Waals surface area contributed by atoms with Gasteiger partial charge in [0.15, 0.2) is 4.96 Å². The monoisotopic (exact) mass is 342 g/mol. The highest BCUT2D eigenvalue weighted by Crippen LogP contribution is 2.24. The van der Waals surface area contributed by atoms with E-state index in [-0.39, 0.29) is 5.91 Å². The van der Waals surface area contributed by atoms with Crippen LogP contribution in [0.5, 0.6) is 0 Å². The SMILES string of the molecule is Cc1ccc(-c2cn3c(CC(=O)NCCN(C)C)csc3n2)cc1. The standard InChI is InChI=1S/C18H22N4OS/c1-13-4-6-14(7-5-13)16-11-22-15(12-24-18(22)20-16)10-17(23)19-8-9-21(2)3/h4-7,11-12H,8-10H2,1-3H3,(H,19,23). The lowest BCUT2D eigenvalue weighted by Crippen LogP contribution is -2.32. The first-order valence-electron chi connectivity index (χ1n) is 7.97. The number of nitrogens with zero attached hydrogens (tertiary/aromatic N) is 3. The highest BCUT2D eigenvalue weighted by atomic mass is 32.1. The number of thiazole rings is 1. The van der Waals surface area contributed by atoms with Crippen molar-refractivity contribution < 1.29 is 4.79 Å². The third kappa shape index (κ3) is 3.83. The Morgan fingerprint density at radius 3 is 2.75 bits per heavy atom. The predicted octanol–water partition coefficient (Wildman–Crippen LogP) is 2.59. The van der Waals surface area contributed by atoms with Crippen LogP contribution >= 0.6 is 11.3 Å². The zero-order valence-corrected chi connectivity index (χ0v) is 15.1. The van der Waals surface area contributed by atoms with Gasteiger partial charge in [0.05, 0.1) is 12.1 Å². The zero-order chi connectivity index (χ0) is 17.1.